The second-order valence-corrected chi connectivity index (χ2v) is 10.3. The number of fused-ring (bicyclic) bond motifs is 1. The first kappa shape index (κ1) is 21.3. The number of nitrogens with zero attached hydrogens (tertiary/aromatic N) is 4. The second kappa shape index (κ2) is 8.44. The van der Waals surface area contributed by atoms with Gasteiger partial charge in [-0.3, -0.25) is 4.31 Å². The SMILES string of the molecule is COc1cc(N2CCCS2(=O)=O)ccc1Nc1nc(NC2CCCC2)c2c(C#N)c[nH]c2n1. The summed E-state index contributed by atoms with van der Waals surface area (Å²) in [6.07, 6.45) is 6.71. The second-order valence-electron chi connectivity index (χ2n) is 8.31. The third-order valence-electron chi connectivity index (χ3n) is 6.17. The van der Waals surface area contributed by atoms with Crippen LogP contribution in [0.15, 0.2) is 24.4 Å². The Kier molecular flexibility index (Phi) is 5.46. The Morgan fingerprint density at radius 1 is 1.24 bits per heavy atom. The van der Waals surface area contributed by atoms with Gasteiger partial charge < -0.3 is 20.4 Å². The average Bonchev–Trinajstić information content (AvgIpc) is 3.54. The van der Waals surface area contributed by atoms with Gasteiger partial charge in [-0.05, 0) is 31.4 Å². The van der Waals surface area contributed by atoms with E-state index in [4.69, 9.17) is 4.74 Å². The van der Waals surface area contributed by atoms with Crippen molar-refractivity contribution in [3.05, 3.63) is 30.0 Å². The van der Waals surface area contributed by atoms with Crippen molar-refractivity contribution in [2.45, 2.75) is 38.1 Å². The number of methoxy groups -OCH3 is 1. The Labute approximate surface area is 192 Å². The molecular formula is C22H25N7O3S. The van der Waals surface area contributed by atoms with Gasteiger partial charge in [0.1, 0.15) is 23.3 Å². The average molecular weight is 468 g/mol. The number of nitrogens with one attached hydrogen (secondary N) is 3. The summed E-state index contributed by atoms with van der Waals surface area (Å²) in [6, 6.07) is 7.71. The van der Waals surface area contributed by atoms with Gasteiger partial charge in [0.2, 0.25) is 16.0 Å². The van der Waals surface area contributed by atoms with E-state index in [-0.39, 0.29) is 5.75 Å². The highest BCUT2D eigenvalue weighted by atomic mass is 32.2. The Morgan fingerprint density at radius 3 is 2.76 bits per heavy atom. The molecule has 1 aliphatic carbocycles. The van der Waals surface area contributed by atoms with Crippen molar-refractivity contribution in [3.8, 4) is 11.8 Å². The van der Waals surface area contributed by atoms with E-state index in [2.05, 4.69) is 31.7 Å². The first-order valence-corrected chi connectivity index (χ1v) is 12.6. The number of hydrogen-bond acceptors (Lipinski definition) is 8. The lowest BCUT2D eigenvalue weighted by Crippen LogP contribution is -2.25. The number of anilines is 4. The van der Waals surface area contributed by atoms with Crippen LogP contribution in [0.3, 0.4) is 0 Å². The first-order chi connectivity index (χ1) is 16.0. The predicted octanol–water partition coefficient (Wildman–Crippen LogP) is 3.48. The lowest BCUT2D eigenvalue weighted by Gasteiger charge is -2.19. The van der Waals surface area contributed by atoms with Gasteiger partial charge in [0.15, 0.2) is 0 Å². The van der Waals surface area contributed by atoms with Crippen molar-refractivity contribution in [2.75, 3.05) is 34.3 Å². The Bertz CT molecular complexity index is 1340. The summed E-state index contributed by atoms with van der Waals surface area (Å²) in [4.78, 5) is 12.3. The molecule has 3 aromatic rings. The molecule has 10 nitrogen and oxygen atoms in total. The fourth-order valence-electron chi connectivity index (χ4n) is 4.53. The summed E-state index contributed by atoms with van der Waals surface area (Å²) in [5.41, 5.74) is 2.23. The lowest BCUT2D eigenvalue weighted by atomic mass is 10.2. The zero-order valence-corrected chi connectivity index (χ0v) is 19.1. The van der Waals surface area contributed by atoms with E-state index in [1.54, 1.807) is 24.4 Å². The van der Waals surface area contributed by atoms with Crippen molar-refractivity contribution in [1.82, 2.24) is 15.0 Å². The van der Waals surface area contributed by atoms with Crippen LogP contribution in [-0.4, -0.2) is 48.8 Å². The van der Waals surface area contributed by atoms with Gasteiger partial charge >= 0.3 is 0 Å². The molecule has 3 heterocycles. The zero-order valence-electron chi connectivity index (χ0n) is 18.3. The summed E-state index contributed by atoms with van der Waals surface area (Å²) in [5.74, 6) is 1.59. The number of rotatable bonds is 6. The van der Waals surface area contributed by atoms with Gasteiger partial charge in [-0.25, -0.2) is 8.42 Å². The molecule has 0 spiro atoms. The highest BCUT2D eigenvalue weighted by molar-refractivity contribution is 7.93. The minimum absolute atomic E-state index is 0.154. The highest BCUT2D eigenvalue weighted by Gasteiger charge is 2.29. The quantitative estimate of drug-likeness (QED) is 0.501. The molecule has 2 fully saturated rings. The number of aromatic amines is 1. The van der Waals surface area contributed by atoms with Crippen LogP contribution in [0.1, 0.15) is 37.7 Å². The minimum Gasteiger partial charge on any atom is -0.494 e. The van der Waals surface area contributed by atoms with Crippen LogP contribution >= 0.6 is 0 Å². The van der Waals surface area contributed by atoms with E-state index in [1.807, 2.05) is 0 Å². The molecular weight excluding hydrogens is 442 g/mol. The molecule has 0 atom stereocenters. The van der Waals surface area contributed by atoms with E-state index in [1.165, 1.54) is 24.3 Å². The number of sulfonamides is 1. The maximum Gasteiger partial charge on any atom is 0.235 e. The number of aromatic nitrogens is 3. The first-order valence-electron chi connectivity index (χ1n) is 11.0. The van der Waals surface area contributed by atoms with Gasteiger partial charge in [-0.15, -0.1) is 0 Å². The molecule has 172 valence electrons. The van der Waals surface area contributed by atoms with Crippen LogP contribution < -0.4 is 19.7 Å². The Hall–Kier alpha value is -3.52. The van der Waals surface area contributed by atoms with Crippen molar-refractivity contribution in [1.29, 1.82) is 5.26 Å². The van der Waals surface area contributed by atoms with Gasteiger partial charge in [0.25, 0.3) is 0 Å². The molecule has 1 aromatic carbocycles. The normalized spacial score (nSPS) is 17.9. The van der Waals surface area contributed by atoms with Crippen LogP contribution in [0.2, 0.25) is 0 Å². The summed E-state index contributed by atoms with van der Waals surface area (Å²) in [5, 5.41) is 16.9. The molecule has 3 N–H and O–H groups in total. The van der Waals surface area contributed by atoms with E-state index < -0.39 is 10.0 Å². The number of nitriles is 1. The number of benzene rings is 1. The maximum atomic E-state index is 12.3. The monoisotopic (exact) mass is 467 g/mol. The van der Waals surface area contributed by atoms with E-state index in [9.17, 15) is 13.7 Å². The van der Waals surface area contributed by atoms with E-state index >= 15 is 0 Å². The smallest absolute Gasteiger partial charge is 0.235 e. The molecule has 33 heavy (non-hydrogen) atoms. The largest absolute Gasteiger partial charge is 0.494 e. The highest BCUT2D eigenvalue weighted by Crippen LogP contribution is 2.35. The molecule has 1 saturated heterocycles. The van der Waals surface area contributed by atoms with E-state index in [0.717, 1.165) is 12.8 Å². The van der Waals surface area contributed by atoms with Crippen molar-refractivity contribution >= 4 is 44.2 Å². The minimum atomic E-state index is -3.28. The lowest BCUT2D eigenvalue weighted by molar-refractivity contribution is 0.417. The molecule has 1 aliphatic heterocycles. The third-order valence-corrected chi connectivity index (χ3v) is 8.04. The molecule has 2 aromatic heterocycles. The summed E-state index contributed by atoms with van der Waals surface area (Å²) < 4.78 is 31.5. The Morgan fingerprint density at radius 2 is 2.06 bits per heavy atom. The zero-order chi connectivity index (χ0) is 23.0. The summed E-state index contributed by atoms with van der Waals surface area (Å²) in [7, 11) is -1.75. The number of hydrogen-bond donors (Lipinski definition) is 3. The third kappa shape index (κ3) is 4.02. The van der Waals surface area contributed by atoms with Crippen molar-refractivity contribution in [2.24, 2.45) is 0 Å². The van der Waals surface area contributed by atoms with Crippen molar-refractivity contribution < 1.29 is 13.2 Å². The predicted molar refractivity (Wildman–Crippen MR) is 127 cm³/mol. The molecule has 0 radical (unpaired) electrons. The van der Waals surface area contributed by atoms with Crippen molar-refractivity contribution in [3.63, 3.8) is 0 Å². The van der Waals surface area contributed by atoms with E-state index in [0.29, 0.717) is 64.5 Å². The summed E-state index contributed by atoms with van der Waals surface area (Å²) >= 11 is 0. The van der Waals surface area contributed by atoms with Crippen LogP contribution in [0.5, 0.6) is 5.75 Å². The van der Waals surface area contributed by atoms with Gasteiger partial charge in [0, 0.05) is 24.8 Å². The molecule has 0 bridgehead atoms. The van der Waals surface area contributed by atoms with Crippen LogP contribution in [0.25, 0.3) is 11.0 Å². The fraction of sp³-hybridized carbons (Fsp3) is 0.409. The molecule has 0 unspecified atom stereocenters. The van der Waals surface area contributed by atoms with Gasteiger partial charge in [0.05, 0.1) is 35.2 Å². The molecule has 2 aliphatic rings. The van der Waals surface area contributed by atoms with Crippen LogP contribution in [0.4, 0.5) is 23.1 Å². The number of ether oxygens (including phenoxy) is 1. The van der Waals surface area contributed by atoms with Gasteiger partial charge in [-0.2, -0.15) is 15.2 Å². The molecule has 1 saturated carbocycles. The Balaban J connectivity index is 1.49. The van der Waals surface area contributed by atoms with Gasteiger partial charge in [-0.1, -0.05) is 12.8 Å². The standard InChI is InChI=1S/C22H25N7O3S/c1-32-18-11-16(29-9-4-10-33(29,30)31)7-8-17(18)26-22-27-20-19(14(12-23)13-24-20)21(28-22)25-15-5-2-3-6-15/h7-8,11,13,15H,2-6,9-10H2,1H3,(H3,24,25,26,27,28). The molecule has 5 rings (SSSR count). The molecule has 0 amide bonds. The summed E-state index contributed by atoms with van der Waals surface area (Å²) in [6.45, 7) is 0.461. The molecule has 11 heteroatoms. The topological polar surface area (TPSA) is 136 Å². The number of H-pyrrole nitrogens is 1. The maximum absolute atomic E-state index is 12.3. The fourth-order valence-corrected chi connectivity index (χ4v) is 6.09. The van der Waals surface area contributed by atoms with Crippen LogP contribution in [0, 0.1) is 11.3 Å². The van der Waals surface area contributed by atoms with Crippen LogP contribution in [-0.2, 0) is 10.0 Å².